The van der Waals surface area contributed by atoms with Crippen LogP contribution in [0, 0.1) is 23.2 Å². The highest BCUT2D eigenvalue weighted by Crippen LogP contribution is 2.34. The van der Waals surface area contributed by atoms with Gasteiger partial charge in [0.1, 0.15) is 5.54 Å². The van der Waals surface area contributed by atoms with Crippen molar-refractivity contribution in [2.24, 2.45) is 11.8 Å². The smallest absolute Gasteiger partial charge is 0.212 e. The average Bonchev–Trinajstić information content (AvgIpc) is 3.04. The van der Waals surface area contributed by atoms with Crippen LogP contribution in [0.1, 0.15) is 45.4 Å². The Morgan fingerprint density at radius 1 is 1.29 bits per heavy atom. The Balaban J connectivity index is 2.01. The first-order valence-corrected chi connectivity index (χ1v) is 8.03. The van der Waals surface area contributed by atoms with Crippen LogP contribution in [0.25, 0.3) is 0 Å². The molecule has 1 N–H and O–H groups in total. The van der Waals surface area contributed by atoms with Gasteiger partial charge in [-0.05, 0) is 50.4 Å². The Bertz CT molecular complexity index is 412. The van der Waals surface area contributed by atoms with Gasteiger partial charge in [-0.25, -0.2) is 8.42 Å². The zero-order valence-corrected chi connectivity index (χ0v) is 11.1. The first-order chi connectivity index (χ1) is 7.95. The molecule has 0 bridgehead atoms. The molecule has 2 fully saturated rings. The van der Waals surface area contributed by atoms with Gasteiger partial charge in [0.2, 0.25) is 10.0 Å². The largest absolute Gasteiger partial charge is 0.213 e. The summed E-state index contributed by atoms with van der Waals surface area (Å²) in [5.74, 6) is 1.13. The first kappa shape index (κ1) is 12.8. The Morgan fingerprint density at radius 3 is 2.35 bits per heavy atom. The molecule has 0 heterocycles. The van der Waals surface area contributed by atoms with Crippen molar-refractivity contribution in [3.8, 4) is 6.07 Å². The van der Waals surface area contributed by atoms with E-state index in [9.17, 15) is 13.7 Å². The van der Waals surface area contributed by atoms with Crippen LogP contribution in [0.3, 0.4) is 0 Å². The van der Waals surface area contributed by atoms with Crippen LogP contribution in [0.5, 0.6) is 0 Å². The Kier molecular flexibility index (Phi) is 3.46. The molecule has 0 atom stereocenters. The van der Waals surface area contributed by atoms with Gasteiger partial charge in [0, 0.05) is 0 Å². The summed E-state index contributed by atoms with van der Waals surface area (Å²) in [5.41, 5.74) is -0.833. The van der Waals surface area contributed by atoms with Gasteiger partial charge in [-0.15, -0.1) is 0 Å². The second-order valence-corrected chi connectivity index (χ2v) is 7.47. The number of sulfonamides is 1. The van der Waals surface area contributed by atoms with Gasteiger partial charge in [-0.3, -0.25) is 0 Å². The summed E-state index contributed by atoms with van der Waals surface area (Å²) in [4.78, 5) is 0. The van der Waals surface area contributed by atoms with Crippen LogP contribution in [-0.4, -0.2) is 19.7 Å². The highest BCUT2D eigenvalue weighted by Gasteiger charge is 2.39. The van der Waals surface area contributed by atoms with Crippen molar-refractivity contribution in [2.45, 2.75) is 51.0 Å². The van der Waals surface area contributed by atoms with E-state index in [0.29, 0.717) is 24.7 Å². The van der Waals surface area contributed by atoms with E-state index in [4.69, 9.17) is 0 Å². The molecule has 4 nitrogen and oxygen atoms in total. The molecule has 0 saturated heterocycles. The molecule has 0 aromatic rings. The van der Waals surface area contributed by atoms with Crippen molar-refractivity contribution in [1.82, 2.24) is 4.72 Å². The minimum absolute atomic E-state index is 0.200. The number of hydrogen-bond donors (Lipinski definition) is 1. The molecular weight excluding hydrogens is 236 g/mol. The van der Waals surface area contributed by atoms with Gasteiger partial charge in [0.05, 0.1) is 11.8 Å². The second-order valence-electron chi connectivity index (χ2n) is 5.70. The van der Waals surface area contributed by atoms with E-state index in [1.165, 1.54) is 0 Å². The third-order valence-electron chi connectivity index (χ3n) is 3.84. The maximum absolute atomic E-state index is 11.9. The van der Waals surface area contributed by atoms with Crippen LogP contribution < -0.4 is 4.72 Å². The summed E-state index contributed by atoms with van der Waals surface area (Å²) < 4.78 is 26.5. The number of nitrogens with zero attached hydrogens (tertiary/aromatic N) is 1. The van der Waals surface area contributed by atoms with Crippen LogP contribution in [-0.2, 0) is 10.0 Å². The lowest BCUT2D eigenvalue weighted by molar-refractivity contribution is 0.277. The molecule has 0 aromatic carbocycles. The molecule has 2 aliphatic carbocycles. The van der Waals surface area contributed by atoms with Gasteiger partial charge in [0.25, 0.3) is 0 Å². The van der Waals surface area contributed by atoms with E-state index in [1.54, 1.807) is 0 Å². The van der Waals surface area contributed by atoms with Crippen LogP contribution >= 0.6 is 0 Å². The van der Waals surface area contributed by atoms with Crippen molar-refractivity contribution in [2.75, 3.05) is 5.75 Å². The van der Waals surface area contributed by atoms with Gasteiger partial charge >= 0.3 is 0 Å². The number of nitrogens with one attached hydrogen (secondary N) is 1. The summed E-state index contributed by atoms with van der Waals surface area (Å²) in [6.07, 6.45) is 5.18. The minimum Gasteiger partial charge on any atom is -0.212 e. The third-order valence-corrected chi connectivity index (χ3v) is 5.46. The molecule has 0 spiro atoms. The summed E-state index contributed by atoms with van der Waals surface area (Å²) in [5, 5.41) is 9.26. The van der Waals surface area contributed by atoms with Crippen LogP contribution in [0.4, 0.5) is 0 Å². The number of hydrogen-bond acceptors (Lipinski definition) is 3. The van der Waals surface area contributed by atoms with Gasteiger partial charge in [-0.2, -0.15) is 9.98 Å². The zero-order chi connectivity index (χ0) is 12.5. The van der Waals surface area contributed by atoms with E-state index in [0.717, 1.165) is 25.7 Å². The summed E-state index contributed by atoms with van der Waals surface area (Å²) in [7, 11) is -3.28. The standard InChI is InChI=1S/C12H20N2O2S/c1-10-4-6-12(9-13,7-5-10)14-17(15,16)8-11-2-3-11/h10-11,14H,2-8H2,1H3. The molecule has 0 amide bonds. The van der Waals surface area contributed by atoms with E-state index in [2.05, 4.69) is 17.7 Å². The lowest BCUT2D eigenvalue weighted by Gasteiger charge is -2.34. The lowest BCUT2D eigenvalue weighted by Crippen LogP contribution is -2.50. The highest BCUT2D eigenvalue weighted by atomic mass is 32.2. The predicted molar refractivity (Wildman–Crippen MR) is 65.6 cm³/mol. The fraction of sp³-hybridized carbons (Fsp3) is 0.917. The highest BCUT2D eigenvalue weighted by molar-refractivity contribution is 7.89. The zero-order valence-electron chi connectivity index (χ0n) is 10.3. The summed E-state index contributed by atoms with van der Waals surface area (Å²) in [6, 6.07) is 2.20. The lowest BCUT2D eigenvalue weighted by atomic mass is 9.79. The topological polar surface area (TPSA) is 70.0 Å². The SMILES string of the molecule is CC1CCC(C#N)(NS(=O)(=O)CC2CC2)CC1. The van der Waals surface area contributed by atoms with Gasteiger partial charge in [0.15, 0.2) is 0 Å². The van der Waals surface area contributed by atoms with Crippen molar-refractivity contribution in [1.29, 1.82) is 5.26 Å². The predicted octanol–water partition coefficient (Wildman–Crippen LogP) is 1.79. The van der Waals surface area contributed by atoms with E-state index >= 15 is 0 Å². The normalized spacial score (nSPS) is 34.2. The molecule has 0 radical (unpaired) electrons. The Morgan fingerprint density at radius 2 is 1.88 bits per heavy atom. The van der Waals surface area contributed by atoms with E-state index < -0.39 is 15.6 Å². The Labute approximate surface area is 103 Å². The Hall–Kier alpha value is -0.600. The molecule has 5 heteroatoms. The van der Waals surface area contributed by atoms with Gasteiger partial charge in [-0.1, -0.05) is 6.92 Å². The monoisotopic (exact) mass is 256 g/mol. The fourth-order valence-electron chi connectivity index (χ4n) is 2.43. The van der Waals surface area contributed by atoms with Crippen molar-refractivity contribution >= 4 is 10.0 Å². The number of nitriles is 1. The molecule has 96 valence electrons. The maximum Gasteiger partial charge on any atom is 0.213 e. The average molecular weight is 256 g/mol. The first-order valence-electron chi connectivity index (χ1n) is 6.38. The van der Waals surface area contributed by atoms with Gasteiger partial charge < -0.3 is 0 Å². The number of rotatable bonds is 4. The fourth-order valence-corrected chi connectivity index (χ4v) is 4.31. The van der Waals surface area contributed by atoms with Crippen molar-refractivity contribution < 1.29 is 8.42 Å². The molecule has 17 heavy (non-hydrogen) atoms. The molecular formula is C12H20N2O2S. The molecule has 2 rings (SSSR count). The molecule has 2 saturated carbocycles. The minimum atomic E-state index is -3.28. The van der Waals surface area contributed by atoms with E-state index in [-0.39, 0.29) is 5.75 Å². The maximum atomic E-state index is 11.9. The van der Waals surface area contributed by atoms with E-state index in [1.807, 2.05) is 0 Å². The van der Waals surface area contributed by atoms with Crippen LogP contribution in [0.15, 0.2) is 0 Å². The molecule has 0 aromatic heterocycles. The van der Waals surface area contributed by atoms with Crippen LogP contribution in [0.2, 0.25) is 0 Å². The molecule has 0 aliphatic heterocycles. The molecule has 2 aliphatic rings. The van der Waals surface area contributed by atoms with Crippen molar-refractivity contribution in [3.05, 3.63) is 0 Å². The summed E-state index contributed by atoms with van der Waals surface area (Å²) in [6.45, 7) is 2.15. The second kappa shape index (κ2) is 4.58. The molecule has 0 unspecified atom stereocenters. The third kappa shape index (κ3) is 3.43. The van der Waals surface area contributed by atoms with Crippen molar-refractivity contribution in [3.63, 3.8) is 0 Å². The summed E-state index contributed by atoms with van der Waals surface area (Å²) >= 11 is 0. The quantitative estimate of drug-likeness (QED) is 0.833.